The van der Waals surface area contributed by atoms with E-state index in [2.05, 4.69) is 21.4 Å². The van der Waals surface area contributed by atoms with Crippen molar-refractivity contribution in [1.82, 2.24) is 19.4 Å². The number of fused-ring (bicyclic) bond motifs is 1. The third-order valence-electron chi connectivity index (χ3n) is 6.95. The Hall–Kier alpha value is -3.72. The summed E-state index contributed by atoms with van der Waals surface area (Å²) in [4.78, 5) is 37.1. The number of carbonyl (C=O) groups excluding carboxylic acids is 2. The number of amides is 2. The molecular formula is C25H23N5O3S. The molecule has 34 heavy (non-hydrogen) atoms. The third-order valence-corrected chi connectivity index (χ3v) is 8.05. The average molecular weight is 474 g/mol. The zero-order valence-corrected chi connectivity index (χ0v) is 19.3. The number of oxazole rings is 1. The molecule has 2 fully saturated rings. The third kappa shape index (κ3) is 3.43. The molecule has 0 atom stereocenters. The molecule has 6 rings (SSSR count). The second-order valence-corrected chi connectivity index (χ2v) is 10.1. The highest BCUT2D eigenvalue weighted by Gasteiger charge is 2.50. The van der Waals surface area contributed by atoms with Gasteiger partial charge in [-0.25, -0.2) is 9.97 Å². The second-order valence-electron chi connectivity index (χ2n) is 9.05. The molecule has 1 saturated heterocycles. The van der Waals surface area contributed by atoms with Crippen LogP contribution in [0.3, 0.4) is 0 Å². The number of aromatic nitrogens is 3. The summed E-state index contributed by atoms with van der Waals surface area (Å²) in [7, 11) is 0. The Labute approximate surface area is 199 Å². The lowest BCUT2D eigenvalue weighted by Crippen LogP contribution is -2.42. The summed E-state index contributed by atoms with van der Waals surface area (Å²) in [5, 5.41) is 3.04. The fourth-order valence-corrected chi connectivity index (χ4v) is 6.16. The van der Waals surface area contributed by atoms with Crippen LogP contribution in [0.1, 0.15) is 35.0 Å². The van der Waals surface area contributed by atoms with Crippen LogP contribution in [0.2, 0.25) is 0 Å². The number of thiophene rings is 1. The van der Waals surface area contributed by atoms with E-state index in [0.29, 0.717) is 16.6 Å². The number of carbonyl (C=O) groups is 2. The predicted octanol–water partition coefficient (Wildman–Crippen LogP) is 4.74. The number of rotatable bonds is 5. The van der Waals surface area contributed by atoms with Crippen molar-refractivity contribution >= 4 is 40.1 Å². The van der Waals surface area contributed by atoms with Crippen LogP contribution in [0.15, 0.2) is 66.1 Å². The van der Waals surface area contributed by atoms with Gasteiger partial charge in [0, 0.05) is 19.1 Å². The molecule has 1 aliphatic heterocycles. The van der Waals surface area contributed by atoms with Crippen molar-refractivity contribution < 1.29 is 14.0 Å². The quantitative estimate of drug-likeness (QED) is 0.423. The Balaban J connectivity index is 1.25. The molecule has 0 unspecified atom stereocenters. The van der Waals surface area contributed by atoms with E-state index >= 15 is 0 Å². The van der Waals surface area contributed by atoms with E-state index in [1.807, 2.05) is 35.2 Å². The number of para-hydroxylation sites is 2. The summed E-state index contributed by atoms with van der Waals surface area (Å²) < 4.78 is 7.49. The average Bonchev–Trinajstić information content (AvgIpc) is 3.62. The van der Waals surface area contributed by atoms with Gasteiger partial charge >= 0.3 is 0 Å². The van der Waals surface area contributed by atoms with Gasteiger partial charge in [-0.05, 0) is 55.0 Å². The molecule has 0 radical (unpaired) electrons. The summed E-state index contributed by atoms with van der Waals surface area (Å²) in [6.45, 7) is 5.16. The van der Waals surface area contributed by atoms with E-state index in [1.165, 1.54) is 23.8 Å². The minimum Gasteiger partial charge on any atom is -0.443 e. The highest BCUT2D eigenvalue weighted by atomic mass is 32.1. The largest absolute Gasteiger partial charge is 0.443 e. The van der Waals surface area contributed by atoms with Crippen LogP contribution in [-0.2, 0) is 4.79 Å². The molecule has 1 aromatic carbocycles. The van der Waals surface area contributed by atoms with Gasteiger partial charge in [0.1, 0.15) is 0 Å². The number of nitrogens with one attached hydrogen (secondary N) is 1. The van der Waals surface area contributed by atoms with Crippen molar-refractivity contribution in [3.8, 4) is 10.6 Å². The second kappa shape index (κ2) is 7.95. The first-order chi connectivity index (χ1) is 16.5. The summed E-state index contributed by atoms with van der Waals surface area (Å²) >= 11 is 1.35. The lowest BCUT2D eigenvalue weighted by molar-refractivity contribution is -0.125. The van der Waals surface area contributed by atoms with Gasteiger partial charge in [0.25, 0.3) is 5.91 Å². The SMILES string of the molecule is C=CC(=O)N1CC[C@]2(C1)C[C@@H](n1c(NC(=O)c3ccc(-c4cnco4)s3)nc3ccccc31)C2. The zero-order chi connectivity index (χ0) is 23.3. The molecule has 9 heteroatoms. The molecule has 4 heterocycles. The highest BCUT2D eigenvalue weighted by molar-refractivity contribution is 7.17. The van der Waals surface area contributed by atoms with E-state index in [-0.39, 0.29) is 23.3 Å². The van der Waals surface area contributed by atoms with Gasteiger partial charge in [0.05, 0.1) is 27.0 Å². The van der Waals surface area contributed by atoms with E-state index in [0.717, 1.165) is 48.3 Å². The molecule has 3 aromatic heterocycles. The van der Waals surface area contributed by atoms with Crippen LogP contribution in [0.25, 0.3) is 21.7 Å². The minimum atomic E-state index is -0.204. The van der Waals surface area contributed by atoms with Gasteiger partial charge in [-0.15, -0.1) is 11.3 Å². The smallest absolute Gasteiger partial charge is 0.268 e. The van der Waals surface area contributed by atoms with Gasteiger partial charge in [0.15, 0.2) is 12.2 Å². The summed E-state index contributed by atoms with van der Waals surface area (Å²) in [6, 6.07) is 11.8. The molecule has 172 valence electrons. The van der Waals surface area contributed by atoms with E-state index in [1.54, 1.807) is 12.3 Å². The maximum atomic E-state index is 13.1. The first-order valence-electron chi connectivity index (χ1n) is 11.2. The van der Waals surface area contributed by atoms with Crippen molar-refractivity contribution in [3.63, 3.8) is 0 Å². The first-order valence-corrected chi connectivity index (χ1v) is 12.1. The lowest BCUT2D eigenvalue weighted by Gasteiger charge is -2.46. The molecule has 1 N–H and O–H groups in total. The molecule has 2 amide bonds. The van der Waals surface area contributed by atoms with E-state index in [9.17, 15) is 9.59 Å². The Kier molecular flexibility index (Phi) is 4.88. The van der Waals surface area contributed by atoms with Crippen LogP contribution in [0.4, 0.5) is 5.95 Å². The van der Waals surface area contributed by atoms with Crippen LogP contribution in [0.5, 0.6) is 0 Å². The van der Waals surface area contributed by atoms with Crippen LogP contribution in [0, 0.1) is 5.41 Å². The van der Waals surface area contributed by atoms with Crippen molar-refractivity contribution in [3.05, 3.63) is 66.5 Å². The molecule has 1 aliphatic carbocycles. The zero-order valence-electron chi connectivity index (χ0n) is 18.4. The fourth-order valence-electron chi connectivity index (χ4n) is 5.30. The predicted molar refractivity (Wildman–Crippen MR) is 130 cm³/mol. The van der Waals surface area contributed by atoms with Crippen LogP contribution >= 0.6 is 11.3 Å². The molecule has 1 saturated carbocycles. The number of anilines is 1. The Bertz CT molecular complexity index is 1400. The number of imidazole rings is 1. The number of likely N-dealkylation sites (tertiary alicyclic amines) is 1. The molecule has 8 nitrogen and oxygen atoms in total. The van der Waals surface area contributed by atoms with Crippen molar-refractivity contribution in [1.29, 1.82) is 0 Å². The first kappa shape index (κ1) is 20.9. The van der Waals surface area contributed by atoms with Crippen molar-refractivity contribution in [2.45, 2.75) is 25.3 Å². The van der Waals surface area contributed by atoms with Gasteiger partial charge in [-0.3, -0.25) is 14.9 Å². The van der Waals surface area contributed by atoms with Gasteiger partial charge in [-0.1, -0.05) is 18.7 Å². The number of hydrogen-bond donors (Lipinski definition) is 1. The van der Waals surface area contributed by atoms with Gasteiger partial charge in [-0.2, -0.15) is 0 Å². The Morgan fingerprint density at radius 3 is 2.88 bits per heavy atom. The van der Waals surface area contributed by atoms with E-state index < -0.39 is 0 Å². The summed E-state index contributed by atoms with van der Waals surface area (Å²) in [5.74, 6) is 0.987. The fraction of sp³-hybridized carbons (Fsp3) is 0.280. The van der Waals surface area contributed by atoms with Crippen LogP contribution in [-0.4, -0.2) is 44.3 Å². The molecule has 0 bridgehead atoms. The Morgan fingerprint density at radius 1 is 1.24 bits per heavy atom. The molecular weight excluding hydrogens is 450 g/mol. The molecule has 4 aromatic rings. The monoisotopic (exact) mass is 473 g/mol. The number of benzene rings is 1. The maximum absolute atomic E-state index is 13.1. The summed E-state index contributed by atoms with van der Waals surface area (Å²) in [6.07, 6.45) is 7.30. The molecule has 2 aliphatic rings. The van der Waals surface area contributed by atoms with Crippen molar-refractivity contribution in [2.24, 2.45) is 5.41 Å². The minimum absolute atomic E-state index is 0.00186. The lowest BCUT2D eigenvalue weighted by atomic mass is 9.65. The van der Waals surface area contributed by atoms with Crippen molar-refractivity contribution in [2.75, 3.05) is 18.4 Å². The molecule has 1 spiro atoms. The maximum Gasteiger partial charge on any atom is 0.268 e. The number of nitrogens with zero attached hydrogens (tertiary/aromatic N) is 4. The normalized spacial score (nSPS) is 21.6. The van der Waals surface area contributed by atoms with Gasteiger partial charge in [0.2, 0.25) is 11.9 Å². The standard InChI is InChI=1S/C25H23N5O3S/c1-2-22(31)29-10-9-25(14-29)11-16(12-25)30-18-6-4-3-5-17(18)27-24(30)28-23(32)21-8-7-20(34-21)19-13-26-15-33-19/h2-8,13,15-16H,1,9-12,14H2,(H,27,28,32)/t16-,25+. The van der Waals surface area contributed by atoms with E-state index in [4.69, 9.17) is 9.40 Å². The highest BCUT2D eigenvalue weighted by Crippen LogP contribution is 2.55. The van der Waals surface area contributed by atoms with Crippen LogP contribution < -0.4 is 5.32 Å². The summed E-state index contributed by atoms with van der Waals surface area (Å²) in [5.41, 5.74) is 1.99. The Morgan fingerprint density at radius 2 is 2.09 bits per heavy atom. The van der Waals surface area contributed by atoms with Gasteiger partial charge < -0.3 is 13.9 Å². The topological polar surface area (TPSA) is 93.3 Å². The number of hydrogen-bond acceptors (Lipinski definition) is 6.